The van der Waals surface area contributed by atoms with Gasteiger partial charge in [0.05, 0.1) is 21.1 Å². The van der Waals surface area contributed by atoms with E-state index in [1.165, 1.54) is 35.6 Å². The van der Waals surface area contributed by atoms with Gasteiger partial charge in [-0.15, -0.1) is 0 Å². The van der Waals surface area contributed by atoms with Crippen molar-refractivity contribution in [2.45, 2.75) is 4.90 Å². The highest BCUT2D eigenvalue weighted by molar-refractivity contribution is 7.92. The fraction of sp³-hybridized carbons (Fsp3) is 0.0625. The van der Waals surface area contributed by atoms with Gasteiger partial charge < -0.3 is 10.7 Å². The van der Waals surface area contributed by atoms with E-state index in [1.807, 2.05) is 0 Å². The zero-order chi connectivity index (χ0) is 17.5. The summed E-state index contributed by atoms with van der Waals surface area (Å²) in [4.78, 5) is 14.2. The third-order valence-corrected chi connectivity index (χ3v) is 5.88. The van der Waals surface area contributed by atoms with Gasteiger partial charge in [0.15, 0.2) is 0 Å². The van der Waals surface area contributed by atoms with Gasteiger partial charge in [0.2, 0.25) is 5.91 Å². The number of rotatable bonds is 4. The van der Waals surface area contributed by atoms with Gasteiger partial charge in [0.25, 0.3) is 10.0 Å². The minimum atomic E-state index is -3.80. The molecule has 1 aromatic heterocycles. The first kappa shape index (κ1) is 16.4. The molecule has 0 bridgehead atoms. The number of carbonyl (C=O) groups excluding carboxylic acids is 1. The predicted octanol–water partition coefficient (Wildman–Crippen LogP) is 2.75. The van der Waals surface area contributed by atoms with Crippen molar-refractivity contribution in [3.05, 3.63) is 59.2 Å². The van der Waals surface area contributed by atoms with Gasteiger partial charge in [0, 0.05) is 24.2 Å². The summed E-state index contributed by atoms with van der Waals surface area (Å²) in [7, 11) is -2.34. The molecule has 0 atom stereocenters. The molecule has 6 nitrogen and oxygen atoms in total. The molecule has 3 aromatic rings. The Bertz CT molecular complexity index is 1030. The van der Waals surface area contributed by atoms with Crippen molar-refractivity contribution in [1.82, 2.24) is 4.98 Å². The largest absolute Gasteiger partial charge is 0.366 e. The number of anilines is 1. The lowest BCUT2D eigenvalue weighted by Crippen LogP contribution is -2.26. The van der Waals surface area contributed by atoms with Crippen LogP contribution in [0.3, 0.4) is 0 Å². The highest BCUT2D eigenvalue weighted by Gasteiger charge is 2.23. The van der Waals surface area contributed by atoms with E-state index in [-0.39, 0.29) is 10.5 Å². The molecule has 0 unspecified atom stereocenters. The van der Waals surface area contributed by atoms with Gasteiger partial charge in [0.1, 0.15) is 0 Å². The van der Waals surface area contributed by atoms with E-state index < -0.39 is 15.9 Å². The summed E-state index contributed by atoms with van der Waals surface area (Å²) in [5, 5.41) is 1.25. The van der Waals surface area contributed by atoms with Crippen molar-refractivity contribution >= 4 is 44.1 Å². The van der Waals surface area contributed by atoms with Gasteiger partial charge >= 0.3 is 0 Å². The summed E-state index contributed by atoms with van der Waals surface area (Å²) in [5.74, 6) is -0.613. The molecule has 124 valence electrons. The molecule has 0 aliphatic heterocycles. The highest BCUT2D eigenvalue weighted by atomic mass is 35.5. The van der Waals surface area contributed by atoms with Crippen LogP contribution in [0, 0.1) is 0 Å². The Labute approximate surface area is 143 Å². The lowest BCUT2D eigenvalue weighted by atomic mass is 10.2. The summed E-state index contributed by atoms with van der Waals surface area (Å²) < 4.78 is 26.8. The van der Waals surface area contributed by atoms with E-state index in [4.69, 9.17) is 17.3 Å². The van der Waals surface area contributed by atoms with Crippen LogP contribution in [0.5, 0.6) is 0 Å². The second-order valence-corrected chi connectivity index (χ2v) is 7.57. The molecule has 0 saturated heterocycles. The second kappa shape index (κ2) is 5.85. The standard InChI is InChI=1S/C16H14ClN3O3S/c1-20(14-4-2-3-12-13(17)9-19-15(12)14)24(22,23)11-7-5-10(6-8-11)16(18)21/h2-9,19H,1H3,(H2,18,21). The molecule has 2 aromatic carbocycles. The fourth-order valence-electron chi connectivity index (χ4n) is 2.45. The number of fused-ring (bicyclic) bond motifs is 1. The van der Waals surface area contributed by atoms with Crippen LogP contribution in [0.25, 0.3) is 10.9 Å². The minimum absolute atomic E-state index is 0.0599. The van der Waals surface area contributed by atoms with Gasteiger partial charge in [-0.05, 0) is 30.3 Å². The van der Waals surface area contributed by atoms with Crippen molar-refractivity contribution in [1.29, 1.82) is 0 Å². The number of nitrogens with one attached hydrogen (secondary N) is 1. The number of sulfonamides is 1. The Morgan fingerprint density at radius 1 is 1.17 bits per heavy atom. The first-order chi connectivity index (χ1) is 11.3. The summed E-state index contributed by atoms with van der Waals surface area (Å²) >= 11 is 6.08. The minimum Gasteiger partial charge on any atom is -0.366 e. The number of halogens is 1. The molecule has 0 radical (unpaired) electrons. The van der Waals surface area contributed by atoms with E-state index in [0.29, 0.717) is 16.2 Å². The van der Waals surface area contributed by atoms with Crippen molar-refractivity contribution in [2.75, 3.05) is 11.4 Å². The lowest BCUT2D eigenvalue weighted by Gasteiger charge is -2.20. The molecule has 24 heavy (non-hydrogen) atoms. The number of benzene rings is 2. The number of amides is 1. The number of H-pyrrole nitrogens is 1. The number of aromatic nitrogens is 1. The SMILES string of the molecule is CN(c1cccc2c(Cl)c[nH]c12)S(=O)(=O)c1ccc(C(N)=O)cc1. The maximum Gasteiger partial charge on any atom is 0.264 e. The normalized spacial score (nSPS) is 11.6. The summed E-state index contributed by atoms with van der Waals surface area (Å²) in [5.41, 5.74) is 6.52. The molecule has 3 rings (SSSR count). The Hall–Kier alpha value is -2.51. The van der Waals surface area contributed by atoms with Crippen LogP contribution in [0.15, 0.2) is 53.6 Å². The number of nitrogens with two attached hydrogens (primary N) is 1. The predicted molar refractivity (Wildman–Crippen MR) is 93.9 cm³/mol. The van der Waals surface area contributed by atoms with E-state index in [2.05, 4.69) is 4.98 Å². The number of primary amides is 1. The molecular weight excluding hydrogens is 350 g/mol. The Morgan fingerprint density at radius 2 is 1.83 bits per heavy atom. The zero-order valence-corrected chi connectivity index (χ0v) is 14.2. The van der Waals surface area contributed by atoms with Gasteiger partial charge in [-0.3, -0.25) is 9.10 Å². The van der Waals surface area contributed by atoms with Crippen molar-refractivity contribution < 1.29 is 13.2 Å². The quantitative estimate of drug-likeness (QED) is 0.745. The van der Waals surface area contributed by atoms with Crippen LogP contribution in [0.4, 0.5) is 5.69 Å². The fourth-order valence-corrected chi connectivity index (χ4v) is 3.86. The summed E-state index contributed by atoms with van der Waals surface area (Å²) in [6.45, 7) is 0. The molecule has 0 aliphatic carbocycles. The van der Waals surface area contributed by atoms with Crippen LogP contribution in [-0.2, 0) is 10.0 Å². The topological polar surface area (TPSA) is 96.3 Å². The number of hydrogen-bond donors (Lipinski definition) is 2. The monoisotopic (exact) mass is 363 g/mol. The van der Waals surface area contributed by atoms with Crippen molar-refractivity contribution in [3.63, 3.8) is 0 Å². The summed E-state index contributed by atoms with van der Waals surface area (Å²) in [6, 6.07) is 10.7. The summed E-state index contributed by atoms with van der Waals surface area (Å²) in [6.07, 6.45) is 1.61. The number of carbonyl (C=O) groups is 1. The van der Waals surface area contributed by atoms with Crippen LogP contribution >= 0.6 is 11.6 Å². The lowest BCUT2D eigenvalue weighted by molar-refractivity contribution is 0.1000. The van der Waals surface area contributed by atoms with E-state index in [9.17, 15) is 13.2 Å². The van der Waals surface area contributed by atoms with Gasteiger partial charge in [-0.25, -0.2) is 8.42 Å². The Kier molecular flexibility index (Phi) is 3.98. The Morgan fingerprint density at radius 3 is 2.46 bits per heavy atom. The average Bonchev–Trinajstić information content (AvgIpc) is 2.95. The Balaban J connectivity index is 2.07. The van der Waals surface area contributed by atoms with Crippen LogP contribution in [0.1, 0.15) is 10.4 Å². The number of aromatic amines is 1. The smallest absolute Gasteiger partial charge is 0.264 e. The third kappa shape index (κ3) is 2.61. The molecule has 0 spiro atoms. The molecular formula is C16H14ClN3O3S. The van der Waals surface area contributed by atoms with Crippen LogP contribution < -0.4 is 10.0 Å². The van der Waals surface area contributed by atoms with Crippen LogP contribution in [0.2, 0.25) is 5.02 Å². The molecule has 8 heteroatoms. The second-order valence-electron chi connectivity index (χ2n) is 5.20. The molecule has 1 amide bonds. The van der Waals surface area contributed by atoms with Crippen molar-refractivity contribution in [2.24, 2.45) is 5.73 Å². The molecule has 3 N–H and O–H groups in total. The number of nitrogens with zero attached hydrogens (tertiary/aromatic N) is 1. The third-order valence-electron chi connectivity index (χ3n) is 3.78. The highest BCUT2D eigenvalue weighted by Crippen LogP contribution is 2.32. The maximum absolute atomic E-state index is 12.8. The van der Waals surface area contributed by atoms with Crippen LogP contribution in [-0.4, -0.2) is 26.4 Å². The average molecular weight is 364 g/mol. The first-order valence-corrected chi connectivity index (χ1v) is 8.78. The van der Waals surface area contributed by atoms with Crippen molar-refractivity contribution in [3.8, 4) is 0 Å². The van der Waals surface area contributed by atoms with Gasteiger partial charge in [-0.2, -0.15) is 0 Å². The molecule has 0 fully saturated rings. The zero-order valence-electron chi connectivity index (χ0n) is 12.7. The van der Waals surface area contributed by atoms with E-state index >= 15 is 0 Å². The number of para-hydroxylation sites is 1. The first-order valence-electron chi connectivity index (χ1n) is 6.97. The molecule has 1 heterocycles. The molecule has 0 saturated carbocycles. The molecule has 0 aliphatic rings. The number of hydrogen-bond acceptors (Lipinski definition) is 3. The van der Waals surface area contributed by atoms with E-state index in [0.717, 1.165) is 5.39 Å². The van der Waals surface area contributed by atoms with E-state index in [1.54, 1.807) is 24.4 Å². The maximum atomic E-state index is 12.8. The van der Waals surface area contributed by atoms with Gasteiger partial charge in [-0.1, -0.05) is 23.7 Å².